The lowest BCUT2D eigenvalue weighted by atomic mass is 10.2. The molecule has 0 aliphatic heterocycles. The molecule has 0 amide bonds. The van der Waals surface area contributed by atoms with Crippen LogP contribution in [0.25, 0.3) is 11.3 Å². The minimum Gasteiger partial charge on any atom is -0.473 e. The number of nitrogens with zero attached hydrogens (tertiary/aromatic N) is 2. The van der Waals surface area contributed by atoms with Gasteiger partial charge in [0.15, 0.2) is 0 Å². The van der Waals surface area contributed by atoms with Gasteiger partial charge in [-0.25, -0.2) is 0 Å². The fraction of sp³-hybridized carbons (Fsp3) is 0.0833. The Morgan fingerprint density at radius 1 is 0.724 bits per heavy atom. The third-order valence-electron chi connectivity index (χ3n) is 4.28. The molecule has 29 heavy (non-hydrogen) atoms. The van der Waals surface area contributed by atoms with E-state index >= 15 is 0 Å². The lowest BCUT2D eigenvalue weighted by Gasteiger charge is -2.13. The molecule has 0 N–H and O–H groups in total. The molecule has 2 aromatic carbocycles. The summed E-state index contributed by atoms with van der Waals surface area (Å²) in [5.74, 6) is 1.00. The van der Waals surface area contributed by atoms with Crippen molar-refractivity contribution >= 4 is 15.9 Å². The molecule has 0 saturated heterocycles. The summed E-state index contributed by atoms with van der Waals surface area (Å²) in [6, 6.07) is 27.6. The van der Waals surface area contributed by atoms with Crippen molar-refractivity contribution in [1.82, 2.24) is 9.97 Å². The largest absolute Gasteiger partial charge is 0.473 e. The van der Waals surface area contributed by atoms with Gasteiger partial charge >= 0.3 is 0 Å². The van der Waals surface area contributed by atoms with Gasteiger partial charge in [0.2, 0.25) is 11.8 Å². The van der Waals surface area contributed by atoms with Crippen LogP contribution in [0.15, 0.2) is 95.6 Å². The van der Waals surface area contributed by atoms with Gasteiger partial charge in [-0.3, -0.25) is 4.98 Å². The number of pyridine rings is 2. The highest BCUT2D eigenvalue weighted by Crippen LogP contribution is 2.31. The SMILES string of the molecule is Brc1ccnc(-c2ccc(OCc3ccccc3)nc2OCc2ccccc2)c1. The molecule has 0 radical (unpaired) electrons. The number of rotatable bonds is 7. The zero-order valence-electron chi connectivity index (χ0n) is 15.7. The summed E-state index contributed by atoms with van der Waals surface area (Å²) < 4.78 is 12.9. The summed E-state index contributed by atoms with van der Waals surface area (Å²) in [6.07, 6.45) is 1.75. The zero-order chi connectivity index (χ0) is 19.9. The molecule has 2 heterocycles. The van der Waals surface area contributed by atoms with Gasteiger partial charge in [-0.1, -0.05) is 76.6 Å². The van der Waals surface area contributed by atoms with Crippen molar-refractivity contribution in [3.8, 4) is 23.0 Å². The van der Waals surface area contributed by atoms with Gasteiger partial charge in [-0.15, -0.1) is 0 Å². The van der Waals surface area contributed by atoms with Crippen LogP contribution in [-0.2, 0) is 13.2 Å². The average Bonchev–Trinajstić information content (AvgIpc) is 2.78. The van der Waals surface area contributed by atoms with Gasteiger partial charge in [-0.2, -0.15) is 4.98 Å². The summed E-state index contributed by atoms with van der Waals surface area (Å²) in [4.78, 5) is 9.07. The Kier molecular flexibility index (Phi) is 6.17. The molecule has 0 aliphatic rings. The molecule has 0 aliphatic carbocycles. The van der Waals surface area contributed by atoms with Crippen molar-refractivity contribution in [3.05, 3.63) is 107 Å². The fourth-order valence-electron chi connectivity index (χ4n) is 2.82. The van der Waals surface area contributed by atoms with Crippen molar-refractivity contribution in [2.45, 2.75) is 13.2 Å². The Balaban J connectivity index is 1.59. The third kappa shape index (κ3) is 5.21. The minimum absolute atomic E-state index is 0.414. The molecule has 0 saturated carbocycles. The topological polar surface area (TPSA) is 44.2 Å². The van der Waals surface area contributed by atoms with E-state index in [-0.39, 0.29) is 0 Å². The van der Waals surface area contributed by atoms with Crippen molar-refractivity contribution in [2.75, 3.05) is 0 Å². The van der Waals surface area contributed by atoms with Crippen LogP contribution in [0.2, 0.25) is 0 Å². The van der Waals surface area contributed by atoms with E-state index in [1.807, 2.05) is 84.9 Å². The van der Waals surface area contributed by atoms with Gasteiger partial charge in [-0.05, 0) is 29.3 Å². The standard InChI is InChI=1S/C24H19BrN2O2/c25-20-13-14-26-22(15-20)21-11-12-23(28-16-18-7-3-1-4-8-18)27-24(21)29-17-19-9-5-2-6-10-19/h1-15H,16-17H2. The maximum absolute atomic E-state index is 6.06. The Labute approximate surface area is 178 Å². The molecule has 0 unspecified atom stereocenters. The van der Waals surface area contributed by atoms with E-state index in [1.54, 1.807) is 6.20 Å². The van der Waals surface area contributed by atoms with Crippen molar-refractivity contribution < 1.29 is 9.47 Å². The number of ether oxygens (including phenoxy) is 2. The van der Waals surface area contributed by atoms with Crippen molar-refractivity contribution in [2.24, 2.45) is 0 Å². The highest BCUT2D eigenvalue weighted by atomic mass is 79.9. The number of hydrogen-bond donors (Lipinski definition) is 0. The molecule has 5 heteroatoms. The van der Waals surface area contributed by atoms with Gasteiger partial charge in [0.1, 0.15) is 13.2 Å². The number of hydrogen-bond acceptors (Lipinski definition) is 4. The molecule has 0 atom stereocenters. The van der Waals surface area contributed by atoms with Crippen LogP contribution < -0.4 is 9.47 Å². The van der Waals surface area contributed by atoms with E-state index < -0.39 is 0 Å². The van der Waals surface area contributed by atoms with Crippen molar-refractivity contribution in [1.29, 1.82) is 0 Å². The predicted molar refractivity (Wildman–Crippen MR) is 117 cm³/mol. The van der Waals surface area contributed by atoms with Crippen LogP contribution in [0, 0.1) is 0 Å². The lowest BCUT2D eigenvalue weighted by Crippen LogP contribution is -2.02. The van der Waals surface area contributed by atoms with Crippen LogP contribution in [0.4, 0.5) is 0 Å². The first kappa shape index (κ1) is 19.2. The molecule has 4 nitrogen and oxygen atoms in total. The average molecular weight is 447 g/mol. The molecule has 0 spiro atoms. The van der Waals surface area contributed by atoms with Crippen LogP contribution >= 0.6 is 15.9 Å². The number of benzene rings is 2. The molecule has 0 bridgehead atoms. The normalized spacial score (nSPS) is 10.5. The molecular formula is C24H19BrN2O2. The molecular weight excluding hydrogens is 428 g/mol. The van der Waals surface area contributed by atoms with Crippen LogP contribution in [0.1, 0.15) is 11.1 Å². The Morgan fingerprint density at radius 3 is 2.03 bits per heavy atom. The first-order chi connectivity index (χ1) is 14.3. The second-order valence-electron chi connectivity index (χ2n) is 6.41. The second kappa shape index (κ2) is 9.34. The predicted octanol–water partition coefficient (Wildman–Crippen LogP) is 6.06. The van der Waals surface area contributed by atoms with E-state index in [2.05, 4.69) is 25.9 Å². The van der Waals surface area contributed by atoms with E-state index in [0.717, 1.165) is 26.9 Å². The van der Waals surface area contributed by atoms with Gasteiger partial charge in [0.25, 0.3) is 0 Å². The highest BCUT2D eigenvalue weighted by molar-refractivity contribution is 9.10. The van der Waals surface area contributed by atoms with Crippen molar-refractivity contribution in [3.63, 3.8) is 0 Å². The zero-order valence-corrected chi connectivity index (χ0v) is 17.2. The maximum atomic E-state index is 6.06. The second-order valence-corrected chi connectivity index (χ2v) is 7.33. The summed E-state index contributed by atoms with van der Waals surface area (Å²) in [5, 5.41) is 0. The summed E-state index contributed by atoms with van der Waals surface area (Å²) in [5.41, 5.74) is 3.75. The smallest absolute Gasteiger partial charge is 0.226 e. The van der Waals surface area contributed by atoms with Gasteiger partial charge in [0.05, 0.1) is 11.3 Å². The summed E-state index contributed by atoms with van der Waals surface area (Å²) in [6.45, 7) is 0.859. The number of aromatic nitrogens is 2. The van der Waals surface area contributed by atoms with E-state index in [9.17, 15) is 0 Å². The van der Waals surface area contributed by atoms with Gasteiger partial charge < -0.3 is 9.47 Å². The minimum atomic E-state index is 0.414. The van der Waals surface area contributed by atoms with E-state index in [1.165, 1.54) is 0 Å². The highest BCUT2D eigenvalue weighted by Gasteiger charge is 2.13. The molecule has 4 aromatic rings. The molecule has 4 rings (SSSR count). The Hall–Kier alpha value is -3.18. The maximum Gasteiger partial charge on any atom is 0.226 e. The third-order valence-corrected chi connectivity index (χ3v) is 4.77. The number of halogens is 1. The molecule has 144 valence electrons. The quantitative estimate of drug-likeness (QED) is 0.345. The van der Waals surface area contributed by atoms with Crippen LogP contribution in [0.3, 0.4) is 0 Å². The fourth-order valence-corrected chi connectivity index (χ4v) is 3.15. The monoisotopic (exact) mass is 446 g/mol. The van der Waals surface area contributed by atoms with E-state index in [0.29, 0.717) is 25.0 Å². The van der Waals surface area contributed by atoms with Gasteiger partial charge in [0, 0.05) is 16.7 Å². The first-order valence-electron chi connectivity index (χ1n) is 9.24. The lowest BCUT2D eigenvalue weighted by molar-refractivity contribution is 0.268. The first-order valence-corrected chi connectivity index (χ1v) is 10.0. The summed E-state index contributed by atoms with van der Waals surface area (Å²) in [7, 11) is 0. The van der Waals surface area contributed by atoms with Crippen LogP contribution in [-0.4, -0.2) is 9.97 Å². The molecule has 2 aromatic heterocycles. The Morgan fingerprint density at radius 2 is 1.38 bits per heavy atom. The summed E-state index contributed by atoms with van der Waals surface area (Å²) >= 11 is 3.50. The Bertz CT molecular complexity index is 1070. The van der Waals surface area contributed by atoms with Crippen LogP contribution in [0.5, 0.6) is 11.8 Å². The molecule has 0 fully saturated rings. The van der Waals surface area contributed by atoms with E-state index in [4.69, 9.17) is 9.47 Å².